The monoisotopic (exact) mass is 310 g/mol. The Kier molecular flexibility index (Phi) is 4.78. The number of rotatable bonds is 6. The molecule has 1 aromatic carbocycles. The second-order valence-corrected chi connectivity index (χ2v) is 6.07. The van der Waals surface area contributed by atoms with E-state index in [9.17, 15) is 18.4 Å². The number of carbonyl (C=O) groups excluding carboxylic acids is 2. The molecule has 2 rings (SSSR count). The first-order chi connectivity index (χ1) is 10.4. The minimum Gasteiger partial charge on any atom is -0.355 e. The largest absolute Gasteiger partial charge is 0.355 e. The average molecular weight is 310 g/mol. The summed E-state index contributed by atoms with van der Waals surface area (Å²) >= 11 is 0. The van der Waals surface area contributed by atoms with Crippen molar-refractivity contribution in [2.45, 2.75) is 33.1 Å². The molecule has 4 nitrogen and oxygen atoms in total. The van der Waals surface area contributed by atoms with E-state index in [2.05, 4.69) is 10.6 Å². The minimum atomic E-state index is -1.19. The van der Waals surface area contributed by atoms with Gasteiger partial charge >= 0.3 is 0 Å². The molecule has 0 heterocycles. The summed E-state index contributed by atoms with van der Waals surface area (Å²) in [5.41, 5.74) is -1.69. The minimum absolute atomic E-state index is 0.373. The van der Waals surface area contributed by atoms with Gasteiger partial charge in [-0.3, -0.25) is 9.59 Å². The van der Waals surface area contributed by atoms with Crippen LogP contribution in [0.3, 0.4) is 0 Å². The quantitative estimate of drug-likeness (QED) is 0.794. The van der Waals surface area contributed by atoms with Gasteiger partial charge in [-0.25, -0.2) is 8.78 Å². The Balaban J connectivity index is 2.01. The fourth-order valence-corrected chi connectivity index (χ4v) is 2.18. The van der Waals surface area contributed by atoms with E-state index in [4.69, 9.17) is 0 Å². The molecule has 2 N–H and O–H groups in total. The maximum atomic E-state index is 13.6. The number of amides is 2. The van der Waals surface area contributed by atoms with Crippen LogP contribution in [0.25, 0.3) is 0 Å². The maximum Gasteiger partial charge on any atom is 0.240 e. The first-order valence-corrected chi connectivity index (χ1v) is 7.40. The Labute approximate surface area is 128 Å². The number of benzene rings is 1. The molecule has 0 radical (unpaired) electrons. The Hall–Kier alpha value is -1.98. The number of para-hydroxylation sites is 1. The van der Waals surface area contributed by atoms with Crippen molar-refractivity contribution in [2.24, 2.45) is 11.3 Å². The SMILES string of the molecule is CC(C)CCNC(=O)C1(C(=O)Nc2c(F)cccc2F)CC1. The molecular formula is C16H20F2N2O2. The number of halogens is 2. The molecule has 1 aliphatic carbocycles. The molecule has 1 fully saturated rings. The second kappa shape index (κ2) is 6.42. The summed E-state index contributed by atoms with van der Waals surface area (Å²) in [5.74, 6) is -2.30. The molecule has 1 saturated carbocycles. The van der Waals surface area contributed by atoms with E-state index < -0.39 is 28.6 Å². The third-order valence-corrected chi connectivity index (χ3v) is 3.83. The summed E-state index contributed by atoms with van der Waals surface area (Å²) in [7, 11) is 0. The van der Waals surface area contributed by atoms with E-state index in [1.807, 2.05) is 13.8 Å². The predicted molar refractivity (Wildman–Crippen MR) is 79.1 cm³/mol. The summed E-state index contributed by atoms with van der Waals surface area (Å²) in [6, 6.07) is 3.33. The zero-order valence-electron chi connectivity index (χ0n) is 12.7. The lowest BCUT2D eigenvalue weighted by molar-refractivity contribution is -0.134. The molecule has 0 spiro atoms. The van der Waals surface area contributed by atoms with Gasteiger partial charge in [-0.05, 0) is 37.3 Å². The van der Waals surface area contributed by atoms with E-state index >= 15 is 0 Å². The third-order valence-electron chi connectivity index (χ3n) is 3.83. The molecule has 1 aliphatic rings. The fraction of sp³-hybridized carbons (Fsp3) is 0.500. The van der Waals surface area contributed by atoms with Crippen molar-refractivity contribution in [2.75, 3.05) is 11.9 Å². The lowest BCUT2D eigenvalue weighted by Gasteiger charge is -2.16. The van der Waals surface area contributed by atoms with Crippen LogP contribution in [0, 0.1) is 23.0 Å². The molecule has 120 valence electrons. The van der Waals surface area contributed by atoms with E-state index in [0.29, 0.717) is 25.3 Å². The molecule has 0 atom stereocenters. The third kappa shape index (κ3) is 3.43. The average Bonchev–Trinajstić information content (AvgIpc) is 3.24. The normalized spacial score (nSPS) is 15.5. The molecule has 0 bridgehead atoms. The van der Waals surface area contributed by atoms with Crippen LogP contribution < -0.4 is 10.6 Å². The van der Waals surface area contributed by atoms with Crippen molar-refractivity contribution in [1.82, 2.24) is 5.32 Å². The van der Waals surface area contributed by atoms with Gasteiger partial charge in [0.25, 0.3) is 0 Å². The molecule has 0 aromatic heterocycles. The van der Waals surface area contributed by atoms with Crippen LogP contribution in [-0.2, 0) is 9.59 Å². The summed E-state index contributed by atoms with van der Waals surface area (Å²) < 4.78 is 27.1. The molecule has 0 saturated heterocycles. The van der Waals surface area contributed by atoms with Crippen LogP contribution in [-0.4, -0.2) is 18.4 Å². The topological polar surface area (TPSA) is 58.2 Å². The first-order valence-electron chi connectivity index (χ1n) is 7.40. The Bertz CT molecular complexity index is 563. The summed E-state index contributed by atoms with van der Waals surface area (Å²) in [6.07, 6.45) is 1.59. The summed E-state index contributed by atoms with van der Waals surface area (Å²) in [6.45, 7) is 4.55. The molecule has 6 heteroatoms. The maximum absolute atomic E-state index is 13.6. The molecule has 2 amide bonds. The lowest BCUT2D eigenvalue weighted by Crippen LogP contribution is -2.40. The Morgan fingerprint density at radius 2 is 1.77 bits per heavy atom. The highest BCUT2D eigenvalue weighted by Crippen LogP contribution is 2.47. The van der Waals surface area contributed by atoms with Crippen LogP contribution >= 0.6 is 0 Å². The van der Waals surface area contributed by atoms with Gasteiger partial charge in [0.2, 0.25) is 11.8 Å². The molecule has 0 unspecified atom stereocenters. The van der Waals surface area contributed by atoms with Crippen LogP contribution in [0.5, 0.6) is 0 Å². The summed E-state index contributed by atoms with van der Waals surface area (Å²) in [4.78, 5) is 24.4. The highest BCUT2D eigenvalue weighted by molar-refractivity contribution is 6.13. The van der Waals surface area contributed by atoms with Crippen molar-refractivity contribution in [1.29, 1.82) is 0 Å². The van der Waals surface area contributed by atoms with Crippen molar-refractivity contribution in [3.8, 4) is 0 Å². The number of hydrogen-bond donors (Lipinski definition) is 2. The molecule has 22 heavy (non-hydrogen) atoms. The lowest BCUT2D eigenvalue weighted by atomic mass is 10.0. The number of nitrogens with one attached hydrogen (secondary N) is 2. The fourth-order valence-electron chi connectivity index (χ4n) is 2.18. The smallest absolute Gasteiger partial charge is 0.240 e. The second-order valence-electron chi connectivity index (χ2n) is 6.07. The molecular weight excluding hydrogens is 290 g/mol. The van der Waals surface area contributed by atoms with Gasteiger partial charge < -0.3 is 10.6 Å². The predicted octanol–water partition coefficient (Wildman–Crippen LogP) is 2.85. The Morgan fingerprint density at radius 1 is 1.18 bits per heavy atom. The van der Waals surface area contributed by atoms with Gasteiger partial charge in [0, 0.05) is 6.54 Å². The van der Waals surface area contributed by atoms with E-state index in [0.717, 1.165) is 18.6 Å². The van der Waals surface area contributed by atoms with Crippen molar-refractivity contribution in [3.63, 3.8) is 0 Å². The van der Waals surface area contributed by atoms with Crippen molar-refractivity contribution in [3.05, 3.63) is 29.8 Å². The zero-order chi connectivity index (χ0) is 16.3. The van der Waals surface area contributed by atoms with Crippen molar-refractivity contribution < 1.29 is 18.4 Å². The standard InChI is InChI=1S/C16H20F2N2O2/c1-10(2)6-9-19-14(21)16(7-8-16)15(22)20-13-11(17)4-3-5-12(13)18/h3-5,10H,6-9H2,1-2H3,(H,19,21)(H,20,22). The van der Waals surface area contributed by atoms with Crippen LogP contribution in [0.4, 0.5) is 14.5 Å². The number of carbonyl (C=O) groups is 2. The highest BCUT2D eigenvalue weighted by Gasteiger charge is 2.56. The Morgan fingerprint density at radius 3 is 2.27 bits per heavy atom. The number of hydrogen-bond acceptors (Lipinski definition) is 2. The number of anilines is 1. The van der Waals surface area contributed by atoms with Gasteiger partial charge in [-0.2, -0.15) is 0 Å². The van der Waals surface area contributed by atoms with Gasteiger partial charge in [-0.15, -0.1) is 0 Å². The summed E-state index contributed by atoms with van der Waals surface area (Å²) in [5, 5.41) is 4.94. The van der Waals surface area contributed by atoms with Crippen LogP contribution in [0.2, 0.25) is 0 Å². The van der Waals surface area contributed by atoms with E-state index in [-0.39, 0.29) is 5.91 Å². The molecule has 0 aliphatic heterocycles. The van der Waals surface area contributed by atoms with E-state index in [1.54, 1.807) is 0 Å². The van der Waals surface area contributed by atoms with Crippen LogP contribution in [0.15, 0.2) is 18.2 Å². The van der Waals surface area contributed by atoms with Crippen molar-refractivity contribution >= 4 is 17.5 Å². The van der Waals surface area contributed by atoms with Gasteiger partial charge in [0.15, 0.2) is 0 Å². The highest BCUT2D eigenvalue weighted by atomic mass is 19.1. The zero-order valence-corrected chi connectivity index (χ0v) is 12.7. The van der Waals surface area contributed by atoms with E-state index in [1.165, 1.54) is 6.07 Å². The molecule has 1 aromatic rings. The van der Waals surface area contributed by atoms with Gasteiger partial charge in [0.05, 0.1) is 0 Å². The van der Waals surface area contributed by atoms with Crippen LogP contribution in [0.1, 0.15) is 33.1 Å². The first kappa shape index (κ1) is 16.4. The van der Waals surface area contributed by atoms with Gasteiger partial charge in [0.1, 0.15) is 22.7 Å². The van der Waals surface area contributed by atoms with Gasteiger partial charge in [-0.1, -0.05) is 19.9 Å².